The van der Waals surface area contributed by atoms with E-state index in [1.54, 1.807) is 17.1 Å². The lowest BCUT2D eigenvalue weighted by Crippen LogP contribution is -2.44. The maximum Gasteiger partial charge on any atom is 0.273 e. The summed E-state index contributed by atoms with van der Waals surface area (Å²) < 4.78 is 12.0. The molecule has 1 amide bonds. The van der Waals surface area contributed by atoms with Gasteiger partial charge >= 0.3 is 0 Å². The van der Waals surface area contributed by atoms with Gasteiger partial charge < -0.3 is 14.4 Å². The summed E-state index contributed by atoms with van der Waals surface area (Å²) in [5.41, 5.74) is 3.08. The molecule has 2 aromatic heterocycles. The van der Waals surface area contributed by atoms with E-state index in [-0.39, 0.29) is 24.2 Å². The van der Waals surface area contributed by atoms with Crippen LogP contribution >= 0.6 is 11.3 Å². The molecule has 3 atom stereocenters. The Hall–Kier alpha value is -1.83. The summed E-state index contributed by atoms with van der Waals surface area (Å²) in [6.07, 6.45) is 3.48. The lowest BCUT2D eigenvalue weighted by atomic mass is 10.0. The first-order valence-corrected chi connectivity index (χ1v) is 9.09. The second-order valence-electron chi connectivity index (χ2n) is 6.05. The first-order valence-electron chi connectivity index (χ1n) is 8.15. The Bertz CT molecular complexity index is 680. The first-order chi connectivity index (χ1) is 11.8. The highest BCUT2D eigenvalue weighted by atomic mass is 32.1. The summed E-state index contributed by atoms with van der Waals surface area (Å²) in [4.78, 5) is 23.0. The van der Waals surface area contributed by atoms with Crippen molar-refractivity contribution >= 4 is 17.2 Å². The van der Waals surface area contributed by atoms with Gasteiger partial charge in [-0.15, -0.1) is 11.3 Å². The number of thiazole rings is 1. The predicted molar refractivity (Wildman–Crippen MR) is 88.7 cm³/mol. The highest BCUT2D eigenvalue weighted by molar-refractivity contribution is 7.07. The molecule has 2 aromatic rings. The Morgan fingerprint density at radius 3 is 3.17 bits per heavy atom. The largest absolute Gasteiger partial charge is 0.373 e. The van der Waals surface area contributed by atoms with Crippen LogP contribution in [0.25, 0.3) is 0 Å². The molecule has 2 aliphatic rings. The number of ether oxygens (including phenoxy) is 2. The molecular weight excluding hydrogens is 326 g/mol. The monoisotopic (exact) mass is 345 g/mol. The van der Waals surface area contributed by atoms with Gasteiger partial charge in [0.05, 0.1) is 30.4 Å². The quantitative estimate of drug-likeness (QED) is 0.849. The minimum atomic E-state index is -0.125. The summed E-state index contributed by atoms with van der Waals surface area (Å²) in [6.45, 7) is 1.69. The molecule has 126 valence electrons. The molecule has 2 saturated heterocycles. The van der Waals surface area contributed by atoms with Gasteiger partial charge in [-0.1, -0.05) is 6.07 Å². The van der Waals surface area contributed by atoms with E-state index < -0.39 is 0 Å². The molecule has 7 heteroatoms. The van der Waals surface area contributed by atoms with E-state index in [0.29, 0.717) is 18.8 Å². The minimum absolute atomic E-state index is 0.0271. The maximum atomic E-state index is 12.7. The lowest BCUT2D eigenvalue weighted by Gasteiger charge is -2.31. The van der Waals surface area contributed by atoms with E-state index in [1.165, 1.54) is 11.3 Å². The zero-order valence-corrected chi connectivity index (χ0v) is 14.0. The smallest absolute Gasteiger partial charge is 0.273 e. The number of hydrogen-bond donors (Lipinski definition) is 0. The summed E-state index contributed by atoms with van der Waals surface area (Å²) in [5, 5.41) is 1.79. The number of rotatable bonds is 4. The normalized spacial score (nSPS) is 26.3. The van der Waals surface area contributed by atoms with Crippen LogP contribution in [-0.4, -0.2) is 52.2 Å². The first kappa shape index (κ1) is 15.7. The minimum Gasteiger partial charge on any atom is -0.373 e. The summed E-state index contributed by atoms with van der Waals surface area (Å²) in [5.74, 6) is -0.0271. The van der Waals surface area contributed by atoms with Crippen LogP contribution < -0.4 is 0 Å². The number of likely N-dealkylation sites (tertiary alicyclic amines) is 1. The summed E-state index contributed by atoms with van der Waals surface area (Å²) in [7, 11) is 0. The van der Waals surface area contributed by atoms with E-state index in [0.717, 1.165) is 25.1 Å². The molecule has 24 heavy (non-hydrogen) atoms. The van der Waals surface area contributed by atoms with Crippen LogP contribution in [0.1, 0.15) is 29.0 Å². The lowest BCUT2D eigenvalue weighted by molar-refractivity contribution is -0.0814. The van der Waals surface area contributed by atoms with Gasteiger partial charge in [0.1, 0.15) is 17.9 Å². The van der Waals surface area contributed by atoms with Crippen LogP contribution in [0.3, 0.4) is 0 Å². The molecule has 0 bridgehead atoms. The number of fused-ring (bicyclic) bond motifs is 1. The highest BCUT2D eigenvalue weighted by Crippen LogP contribution is 2.32. The Morgan fingerprint density at radius 2 is 2.38 bits per heavy atom. The number of carbonyl (C=O) groups excluding carboxylic acids is 1. The number of nitrogens with zero attached hydrogens (tertiary/aromatic N) is 3. The van der Waals surface area contributed by atoms with Gasteiger partial charge in [0.25, 0.3) is 5.91 Å². The van der Waals surface area contributed by atoms with Gasteiger partial charge in [0.15, 0.2) is 0 Å². The summed E-state index contributed by atoms with van der Waals surface area (Å²) >= 11 is 1.44. The van der Waals surface area contributed by atoms with Gasteiger partial charge in [-0.05, 0) is 25.0 Å². The topological polar surface area (TPSA) is 64.6 Å². The molecule has 0 spiro atoms. The van der Waals surface area contributed by atoms with Gasteiger partial charge in [-0.2, -0.15) is 0 Å². The summed E-state index contributed by atoms with van der Waals surface area (Å²) in [6, 6.07) is 5.83. The van der Waals surface area contributed by atoms with E-state index in [9.17, 15) is 4.79 Å². The number of carbonyl (C=O) groups is 1. The molecule has 0 aromatic carbocycles. The van der Waals surface area contributed by atoms with Crippen LogP contribution in [0.15, 0.2) is 35.3 Å². The van der Waals surface area contributed by atoms with Crippen molar-refractivity contribution in [1.82, 2.24) is 14.9 Å². The van der Waals surface area contributed by atoms with E-state index >= 15 is 0 Å². The van der Waals surface area contributed by atoms with Crippen molar-refractivity contribution in [2.75, 3.05) is 13.2 Å². The van der Waals surface area contributed by atoms with Crippen LogP contribution in [0.2, 0.25) is 0 Å². The molecule has 0 unspecified atom stereocenters. The third-order valence-electron chi connectivity index (χ3n) is 4.56. The maximum absolute atomic E-state index is 12.7. The average Bonchev–Trinajstić information content (AvgIpc) is 3.29. The second-order valence-corrected chi connectivity index (χ2v) is 6.77. The Morgan fingerprint density at radius 1 is 1.42 bits per heavy atom. The molecule has 4 heterocycles. The van der Waals surface area contributed by atoms with Crippen LogP contribution in [0.4, 0.5) is 0 Å². The van der Waals surface area contributed by atoms with E-state index in [4.69, 9.17) is 9.47 Å². The SMILES string of the molecule is O=C(c1cscn1)N1C[C@H](OCc2ccccn2)[C@H]2OCCC[C@H]21. The molecular formula is C17H19N3O3S. The Kier molecular flexibility index (Phi) is 4.55. The fourth-order valence-electron chi connectivity index (χ4n) is 3.43. The zero-order chi connectivity index (χ0) is 16.4. The fraction of sp³-hybridized carbons (Fsp3) is 0.471. The van der Waals surface area contributed by atoms with Crippen molar-refractivity contribution in [3.05, 3.63) is 46.7 Å². The van der Waals surface area contributed by atoms with Crippen LogP contribution in [0, 0.1) is 0 Å². The third kappa shape index (κ3) is 3.07. The number of aromatic nitrogens is 2. The molecule has 0 N–H and O–H groups in total. The average molecular weight is 345 g/mol. The highest BCUT2D eigenvalue weighted by Gasteiger charge is 2.47. The van der Waals surface area contributed by atoms with Crippen molar-refractivity contribution < 1.29 is 14.3 Å². The van der Waals surface area contributed by atoms with Gasteiger partial charge in [0.2, 0.25) is 0 Å². The van der Waals surface area contributed by atoms with Crippen molar-refractivity contribution in [3.63, 3.8) is 0 Å². The standard InChI is InChI=1S/C17H19N3O3S/c21-17(13-10-24-11-19-13)20-8-15(16-14(20)5-3-7-22-16)23-9-12-4-1-2-6-18-12/h1-2,4,6,10-11,14-16H,3,5,7-9H2/t14-,15+,16+/m1/s1. The molecule has 0 radical (unpaired) electrons. The van der Waals surface area contributed by atoms with Crippen molar-refractivity contribution in [2.45, 2.75) is 37.7 Å². The molecule has 0 aliphatic carbocycles. The van der Waals surface area contributed by atoms with Gasteiger partial charge in [-0.3, -0.25) is 9.78 Å². The molecule has 0 saturated carbocycles. The number of pyridine rings is 1. The van der Waals surface area contributed by atoms with Crippen molar-refractivity contribution in [1.29, 1.82) is 0 Å². The molecule has 6 nitrogen and oxygen atoms in total. The number of hydrogen-bond acceptors (Lipinski definition) is 6. The van der Waals surface area contributed by atoms with E-state index in [2.05, 4.69) is 9.97 Å². The van der Waals surface area contributed by atoms with Crippen LogP contribution in [0.5, 0.6) is 0 Å². The van der Waals surface area contributed by atoms with E-state index in [1.807, 2.05) is 23.1 Å². The zero-order valence-electron chi connectivity index (χ0n) is 13.2. The molecule has 4 rings (SSSR count). The van der Waals surface area contributed by atoms with Crippen molar-refractivity contribution in [3.8, 4) is 0 Å². The molecule has 2 aliphatic heterocycles. The van der Waals surface area contributed by atoms with Crippen LogP contribution in [-0.2, 0) is 16.1 Å². The van der Waals surface area contributed by atoms with Crippen molar-refractivity contribution in [2.24, 2.45) is 0 Å². The number of amides is 1. The molecule has 2 fully saturated rings. The fourth-order valence-corrected chi connectivity index (χ4v) is 3.96. The van der Waals surface area contributed by atoms with Gasteiger partial charge in [0, 0.05) is 18.2 Å². The Balaban J connectivity index is 1.48. The third-order valence-corrected chi connectivity index (χ3v) is 5.15. The predicted octanol–water partition coefficient (Wildman–Crippen LogP) is 2.13. The van der Waals surface area contributed by atoms with Gasteiger partial charge in [-0.25, -0.2) is 4.98 Å². The Labute approximate surface area is 144 Å². The second kappa shape index (κ2) is 6.96.